The topological polar surface area (TPSA) is 92.5 Å². The van der Waals surface area contributed by atoms with Crippen LogP contribution in [0.25, 0.3) is 0 Å². The number of rotatable bonds is 5. The first-order valence-corrected chi connectivity index (χ1v) is 7.69. The van der Waals surface area contributed by atoms with E-state index in [0.717, 1.165) is 4.31 Å². The molecule has 112 valence electrons. The van der Waals surface area contributed by atoms with Gasteiger partial charge in [-0.3, -0.25) is 4.79 Å². The van der Waals surface area contributed by atoms with E-state index in [0.29, 0.717) is 5.69 Å². The lowest BCUT2D eigenvalue weighted by atomic mass is 10.1. The van der Waals surface area contributed by atoms with Gasteiger partial charge in [0.25, 0.3) is 0 Å². The van der Waals surface area contributed by atoms with E-state index in [1.54, 1.807) is 12.1 Å². The number of amides is 1. The van der Waals surface area contributed by atoms with Crippen molar-refractivity contribution in [2.75, 3.05) is 19.4 Å². The van der Waals surface area contributed by atoms with Gasteiger partial charge >= 0.3 is 0 Å². The Morgan fingerprint density at radius 2 is 1.90 bits per heavy atom. The van der Waals surface area contributed by atoms with Crippen molar-refractivity contribution in [1.82, 2.24) is 4.31 Å². The molecule has 0 unspecified atom stereocenters. The van der Waals surface area contributed by atoms with E-state index in [1.807, 2.05) is 13.8 Å². The molecule has 0 heterocycles. The van der Waals surface area contributed by atoms with E-state index in [1.165, 1.54) is 26.2 Å². The van der Waals surface area contributed by atoms with Crippen molar-refractivity contribution in [2.24, 2.45) is 11.7 Å². The van der Waals surface area contributed by atoms with Crippen LogP contribution in [0.3, 0.4) is 0 Å². The summed E-state index contributed by atoms with van der Waals surface area (Å²) >= 11 is 0. The summed E-state index contributed by atoms with van der Waals surface area (Å²) in [5.41, 5.74) is 6.15. The Balaban J connectivity index is 2.98. The summed E-state index contributed by atoms with van der Waals surface area (Å²) in [6.07, 6.45) is 0. The molecule has 1 atom stereocenters. The molecular formula is C13H21N3O3S. The van der Waals surface area contributed by atoms with Crippen LogP contribution < -0.4 is 11.1 Å². The summed E-state index contributed by atoms with van der Waals surface area (Å²) in [7, 11) is -0.614. The number of anilines is 1. The average molecular weight is 299 g/mol. The van der Waals surface area contributed by atoms with Crippen LogP contribution >= 0.6 is 0 Å². The number of nitrogens with zero attached hydrogens (tertiary/aromatic N) is 1. The highest BCUT2D eigenvalue weighted by molar-refractivity contribution is 7.89. The Kier molecular flexibility index (Phi) is 5.27. The Morgan fingerprint density at radius 3 is 2.40 bits per heavy atom. The second-order valence-electron chi connectivity index (χ2n) is 5.07. The normalized spacial score (nSPS) is 13.6. The number of nitrogens with two attached hydrogens (primary N) is 1. The number of sulfonamides is 1. The molecule has 0 saturated heterocycles. The monoisotopic (exact) mass is 299 g/mol. The molecule has 7 heteroatoms. The van der Waals surface area contributed by atoms with Crippen LogP contribution in [0.1, 0.15) is 13.8 Å². The number of nitrogens with one attached hydrogen (secondary N) is 1. The Labute approximate surface area is 120 Å². The minimum atomic E-state index is -3.52. The first-order chi connectivity index (χ1) is 9.16. The molecule has 1 aromatic carbocycles. The van der Waals surface area contributed by atoms with Gasteiger partial charge in [-0.05, 0) is 24.1 Å². The fourth-order valence-corrected chi connectivity index (χ4v) is 2.42. The minimum absolute atomic E-state index is 0.00342. The van der Waals surface area contributed by atoms with E-state index < -0.39 is 16.1 Å². The minimum Gasteiger partial charge on any atom is -0.325 e. The zero-order valence-corrected chi connectivity index (χ0v) is 12.9. The second kappa shape index (κ2) is 6.34. The van der Waals surface area contributed by atoms with E-state index in [2.05, 4.69) is 5.32 Å². The van der Waals surface area contributed by atoms with Crippen LogP contribution in [0.5, 0.6) is 0 Å². The van der Waals surface area contributed by atoms with Gasteiger partial charge in [-0.1, -0.05) is 19.9 Å². The fourth-order valence-electron chi connectivity index (χ4n) is 1.47. The molecule has 20 heavy (non-hydrogen) atoms. The first kappa shape index (κ1) is 16.6. The molecule has 0 spiro atoms. The van der Waals surface area contributed by atoms with Crippen molar-refractivity contribution in [3.8, 4) is 0 Å². The van der Waals surface area contributed by atoms with E-state index >= 15 is 0 Å². The van der Waals surface area contributed by atoms with Crippen molar-refractivity contribution >= 4 is 21.6 Å². The number of hydrogen-bond donors (Lipinski definition) is 2. The summed E-state index contributed by atoms with van der Waals surface area (Å²) in [6, 6.07) is 5.46. The predicted octanol–water partition coefficient (Wildman–Crippen LogP) is 0.859. The van der Waals surface area contributed by atoms with Gasteiger partial charge in [-0.25, -0.2) is 12.7 Å². The van der Waals surface area contributed by atoms with Crippen molar-refractivity contribution < 1.29 is 13.2 Å². The van der Waals surface area contributed by atoms with Crippen LogP contribution in [-0.2, 0) is 14.8 Å². The van der Waals surface area contributed by atoms with Gasteiger partial charge in [0.1, 0.15) is 0 Å². The first-order valence-electron chi connectivity index (χ1n) is 6.25. The highest BCUT2D eigenvalue weighted by Crippen LogP contribution is 2.18. The molecule has 0 fully saturated rings. The highest BCUT2D eigenvalue weighted by Gasteiger charge is 2.20. The number of carbonyl (C=O) groups is 1. The zero-order valence-electron chi connectivity index (χ0n) is 12.1. The predicted molar refractivity (Wildman–Crippen MR) is 78.8 cm³/mol. The average Bonchev–Trinajstić information content (AvgIpc) is 2.37. The maximum absolute atomic E-state index is 12.0. The molecule has 0 saturated carbocycles. The largest absolute Gasteiger partial charge is 0.325 e. The van der Waals surface area contributed by atoms with Crippen LogP contribution in [-0.4, -0.2) is 38.8 Å². The zero-order chi connectivity index (χ0) is 15.5. The van der Waals surface area contributed by atoms with Crippen LogP contribution in [0, 0.1) is 5.92 Å². The van der Waals surface area contributed by atoms with Gasteiger partial charge in [0.2, 0.25) is 15.9 Å². The van der Waals surface area contributed by atoms with Gasteiger partial charge in [0.15, 0.2) is 0 Å². The molecule has 0 aliphatic rings. The summed E-state index contributed by atoms with van der Waals surface area (Å²) in [5.74, 6) is -0.330. The van der Waals surface area contributed by atoms with Gasteiger partial charge in [-0.2, -0.15) is 0 Å². The van der Waals surface area contributed by atoms with Gasteiger partial charge in [0.05, 0.1) is 10.9 Å². The molecule has 0 radical (unpaired) electrons. The van der Waals surface area contributed by atoms with E-state index in [-0.39, 0.29) is 16.7 Å². The molecule has 3 N–H and O–H groups in total. The van der Waals surface area contributed by atoms with Crippen LogP contribution in [0.4, 0.5) is 5.69 Å². The van der Waals surface area contributed by atoms with Crippen molar-refractivity contribution in [3.05, 3.63) is 24.3 Å². The molecule has 1 rings (SSSR count). The van der Waals surface area contributed by atoms with Crippen molar-refractivity contribution in [1.29, 1.82) is 0 Å². The van der Waals surface area contributed by atoms with E-state index in [9.17, 15) is 13.2 Å². The molecule has 0 aromatic heterocycles. The molecule has 0 aliphatic carbocycles. The maximum Gasteiger partial charge on any atom is 0.242 e. The lowest BCUT2D eigenvalue weighted by molar-refractivity contribution is -0.118. The third kappa shape index (κ3) is 3.78. The van der Waals surface area contributed by atoms with Crippen LogP contribution in [0.2, 0.25) is 0 Å². The van der Waals surface area contributed by atoms with Crippen LogP contribution in [0.15, 0.2) is 29.2 Å². The summed E-state index contributed by atoms with van der Waals surface area (Å²) in [6.45, 7) is 3.69. The summed E-state index contributed by atoms with van der Waals surface area (Å²) in [4.78, 5) is 12.0. The lowest BCUT2D eigenvalue weighted by Gasteiger charge is -2.16. The number of benzene rings is 1. The van der Waals surface area contributed by atoms with Gasteiger partial charge in [-0.15, -0.1) is 0 Å². The fraction of sp³-hybridized carbons (Fsp3) is 0.462. The molecular weight excluding hydrogens is 278 g/mol. The third-order valence-electron chi connectivity index (χ3n) is 2.90. The summed E-state index contributed by atoms with van der Waals surface area (Å²) < 4.78 is 25.1. The highest BCUT2D eigenvalue weighted by atomic mass is 32.2. The standard InChI is InChI=1S/C13H21N3O3S/c1-9(2)12(14)13(17)15-10-6-5-7-11(8-10)20(18,19)16(3)4/h5-9,12H,14H2,1-4H3,(H,15,17)/t12-/m1/s1. The smallest absolute Gasteiger partial charge is 0.242 e. The number of carbonyl (C=O) groups excluding carboxylic acids is 1. The molecule has 1 aromatic rings. The summed E-state index contributed by atoms with van der Waals surface area (Å²) in [5, 5.41) is 2.63. The maximum atomic E-state index is 12.0. The van der Waals surface area contributed by atoms with Gasteiger partial charge < -0.3 is 11.1 Å². The quantitative estimate of drug-likeness (QED) is 0.843. The van der Waals surface area contributed by atoms with Crippen molar-refractivity contribution in [3.63, 3.8) is 0 Å². The Morgan fingerprint density at radius 1 is 1.30 bits per heavy atom. The Hall–Kier alpha value is -1.44. The molecule has 0 aliphatic heterocycles. The van der Waals surface area contributed by atoms with E-state index in [4.69, 9.17) is 5.73 Å². The SMILES string of the molecule is CC(C)[C@@H](N)C(=O)Nc1cccc(S(=O)(=O)N(C)C)c1. The van der Waals surface area contributed by atoms with Gasteiger partial charge in [0, 0.05) is 19.8 Å². The molecule has 1 amide bonds. The molecule has 0 bridgehead atoms. The Bertz CT molecular complexity index is 582. The third-order valence-corrected chi connectivity index (χ3v) is 4.71. The number of hydrogen-bond acceptors (Lipinski definition) is 4. The lowest BCUT2D eigenvalue weighted by Crippen LogP contribution is -2.39. The molecule has 6 nitrogen and oxygen atoms in total. The second-order valence-corrected chi connectivity index (χ2v) is 7.23. The van der Waals surface area contributed by atoms with Crippen molar-refractivity contribution in [2.45, 2.75) is 24.8 Å².